The van der Waals surface area contributed by atoms with Crippen LogP contribution in [0.2, 0.25) is 0 Å². The number of nitrogens with zero attached hydrogens (tertiary/aromatic N) is 1. The van der Waals surface area contributed by atoms with Crippen molar-refractivity contribution in [2.24, 2.45) is 11.1 Å². The van der Waals surface area contributed by atoms with Gasteiger partial charge in [0.05, 0.1) is 11.3 Å². The topological polar surface area (TPSA) is 77.1 Å². The van der Waals surface area contributed by atoms with E-state index in [0.717, 1.165) is 35.6 Å². The minimum absolute atomic E-state index is 0.113. The summed E-state index contributed by atoms with van der Waals surface area (Å²) < 4.78 is 28.9. The van der Waals surface area contributed by atoms with Crippen molar-refractivity contribution in [3.8, 4) is 5.69 Å². The van der Waals surface area contributed by atoms with Gasteiger partial charge in [0, 0.05) is 40.8 Å². The smallest absolute Gasteiger partial charge is 0.250 e. The standard InChI is InChI=1S/C24H23F2N3O2/c1-13-8-17-21(11-24(2,3)12-22(17)30)29(13)15-5-6-16(23(27)31)20(10-15)28-14-4-7-18(25)19(26)9-14/h4-10,28H,11-12H2,1-3H3,(H2,27,31). The number of rotatable bonds is 4. The Balaban J connectivity index is 1.83. The molecule has 0 radical (unpaired) electrons. The molecule has 1 aliphatic rings. The van der Waals surface area contributed by atoms with Gasteiger partial charge >= 0.3 is 0 Å². The molecule has 160 valence electrons. The van der Waals surface area contributed by atoms with Gasteiger partial charge in [-0.1, -0.05) is 13.8 Å². The summed E-state index contributed by atoms with van der Waals surface area (Å²) >= 11 is 0. The molecule has 0 atom stereocenters. The minimum atomic E-state index is -1.00. The maximum atomic E-state index is 13.7. The quantitative estimate of drug-likeness (QED) is 0.616. The Morgan fingerprint density at radius 1 is 1.06 bits per heavy atom. The van der Waals surface area contributed by atoms with E-state index in [2.05, 4.69) is 19.2 Å². The third kappa shape index (κ3) is 3.83. The summed E-state index contributed by atoms with van der Waals surface area (Å²) in [4.78, 5) is 24.6. The number of benzene rings is 2. The van der Waals surface area contributed by atoms with Gasteiger partial charge in [0.1, 0.15) is 0 Å². The van der Waals surface area contributed by atoms with Crippen molar-refractivity contribution in [3.05, 3.63) is 76.6 Å². The number of anilines is 2. The fourth-order valence-electron chi connectivity index (χ4n) is 4.23. The molecule has 1 heterocycles. The first-order valence-electron chi connectivity index (χ1n) is 9.96. The molecular formula is C24H23F2N3O2. The van der Waals surface area contributed by atoms with Crippen molar-refractivity contribution < 1.29 is 18.4 Å². The van der Waals surface area contributed by atoms with E-state index < -0.39 is 17.5 Å². The van der Waals surface area contributed by atoms with E-state index in [1.807, 2.05) is 17.6 Å². The first-order chi connectivity index (χ1) is 14.6. The van der Waals surface area contributed by atoms with Gasteiger partial charge in [-0.05, 0) is 55.2 Å². The second kappa shape index (κ2) is 7.34. The highest BCUT2D eigenvalue weighted by molar-refractivity contribution is 6.00. The van der Waals surface area contributed by atoms with Crippen LogP contribution in [0.1, 0.15) is 52.4 Å². The number of aromatic nitrogens is 1. The predicted octanol–water partition coefficient (Wildman–Crippen LogP) is 5.06. The maximum absolute atomic E-state index is 13.7. The number of hydrogen-bond donors (Lipinski definition) is 2. The summed E-state index contributed by atoms with van der Waals surface area (Å²) in [5, 5.41) is 2.96. The number of amides is 1. The second-order valence-electron chi connectivity index (χ2n) is 8.77. The van der Waals surface area contributed by atoms with Gasteiger partial charge in [0.2, 0.25) is 0 Å². The highest BCUT2D eigenvalue weighted by Gasteiger charge is 2.34. The van der Waals surface area contributed by atoms with Crippen LogP contribution in [0, 0.1) is 24.0 Å². The van der Waals surface area contributed by atoms with Gasteiger partial charge in [0.15, 0.2) is 17.4 Å². The van der Waals surface area contributed by atoms with Crippen LogP contribution >= 0.6 is 0 Å². The molecule has 4 rings (SSSR count). The zero-order valence-electron chi connectivity index (χ0n) is 17.6. The maximum Gasteiger partial charge on any atom is 0.250 e. The van der Waals surface area contributed by atoms with Gasteiger partial charge in [-0.25, -0.2) is 8.78 Å². The largest absolute Gasteiger partial charge is 0.366 e. The van der Waals surface area contributed by atoms with Crippen LogP contribution in [0.25, 0.3) is 5.69 Å². The summed E-state index contributed by atoms with van der Waals surface area (Å²) in [7, 11) is 0. The number of halogens is 2. The van der Waals surface area contributed by atoms with Crippen LogP contribution < -0.4 is 11.1 Å². The van der Waals surface area contributed by atoms with Gasteiger partial charge < -0.3 is 15.6 Å². The molecule has 7 heteroatoms. The van der Waals surface area contributed by atoms with Crippen LogP contribution in [0.5, 0.6) is 0 Å². The highest BCUT2D eigenvalue weighted by Crippen LogP contribution is 2.38. The number of ketones is 1. The van der Waals surface area contributed by atoms with E-state index in [1.54, 1.807) is 18.2 Å². The lowest BCUT2D eigenvalue weighted by Crippen LogP contribution is -2.27. The monoisotopic (exact) mass is 423 g/mol. The molecule has 0 saturated carbocycles. The number of hydrogen-bond acceptors (Lipinski definition) is 3. The molecule has 5 nitrogen and oxygen atoms in total. The fourth-order valence-corrected chi connectivity index (χ4v) is 4.23. The normalized spacial score (nSPS) is 14.9. The zero-order valence-corrected chi connectivity index (χ0v) is 17.6. The molecule has 1 aromatic heterocycles. The van der Waals surface area contributed by atoms with Crippen molar-refractivity contribution in [3.63, 3.8) is 0 Å². The molecule has 0 aliphatic heterocycles. The molecular weight excluding hydrogens is 400 g/mol. The molecule has 0 spiro atoms. The summed E-state index contributed by atoms with van der Waals surface area (Å²) in [6.45, 7) is 6.04. The third-order valence-corrected chi connectivity index (χ3v) is 5.60. The minimum Gasteiger partial charge on any atom is -0.366 e. The molecule has 0 bridgehead atoms. The third-order valence-electron chi connectivity index (χ3n) is 5.60. The average molecular weight is 423 g/mol. The van der Waals surface area contributed by atoms with Crippen LogP contribution in [0.15, 0.2) is 42.5 Å². The van der Waals surface area contributed by atoms with E-state index in [4.69, 9.17) is 5.73 Å². The van der Waals surface area contributed by atoms with Gasteiger partial charge in [0.25, 0.3) is 5.91 Å². The number of fused-ring (bicyclic) bond motifs is 1. The lowest BCUT2D eigenvalue weighted by molar-refractivity contribution is 0.0910. The summed E-state index contributed by atoms with van der Waals surface area (Å²) in [6, 6.07) is 10.3. The van der Waals surface area contributed by atoms with Crippen molar-refractivity contribution in [2.45, 2.75) is 33.6 Å². The van der Waals surface area contributed by atoms with Gasteiger partial charge in [-0.2, -0.15) is 0 Å². The molecule has 2 aromatic carbocycles. The van der Waals surface area contributed by atoms with E-state index in [1.165, 1.54) is 6.07 Å². The van der Waals surface area contributed by atoms with Crippen molar-refractivity contribution >= 4 is 23.1 Å². The number of Topliss-reactive ketones (excluding diaryl/α,β-unsaturated/α-hetero) is 1. The average Bonchev–Trinajstić information content (AvgIpc) is 2.99. The Morgan fingerprint density at radius 3 is 2.48 bits per heavy atom. The van der Waals surface area contributed by atoms with Crippen LogP contribution in [0.4, 0.5) is 20.2 Å². The Morgan fingerprint density at radius 2 is 1.81 bits per heavy atom. The molecule has 1 amide bonds. The number of carbonyl (C=O) groups is 2. The molecule has 0 unspecified atom stereocenters. The van der Waals surface area contributed by atoms with Gasteiger partial charge in [-0.15, -0.1) is 0 Å². The predicted molar refractivity (Wildman–Crippen MR) is 115 cm³/mol. The fraction of sp³-hybridized carbons (Fsp3) is 0.250. The Kier molecular flexibility index (Phi) is 4.92. The van der Waals surface area contributed by atoms with Gasteiger partial charge in [-0.3, -0.25) is 9.59 Å². The second-order valence-corrected chi connectivity index (χ2v) is 8.77. The summed E-state index contributed by atoms with van der Waals surface area (Å²) in [6.07, 6.45) is 1.22. The van der Waals surface area contributed by atoms with Crippen molar-refractivity contribution in [2.75, 3.05) is 5.32 Å². The summed E-state index contributed by atoms with van der Waals surface area (Å²) in [5.41, 5.74) is 9.47. The number of primary amides is 1. The Hall–Kier alpha value is -3.48. The van der Waals surface area contributed by atoms with Crippen molar-refractivity contribution in [1.82, 2.24) is 4.57 Å². The van der Waals surface area contributed by atoms with Crippen LogP contribution in [-0.4, -0.2) is 16.3 Å². The zero-order chi connectivity index (χ0) is 22.5. The lowest BCUT2D eigenvalue weighted by Gasteiger charge is -2.30. The van der Waals surface area contributed by atoms with Crippen LogP contribution in [-0.2, 0) is 6.42 Å². The van der Waals surface area contributed by atoms with E-state index in [0.29, 0.717) is 17.7 Å². The molecule has 0 fully saturated rings. The molecule has 3 N–H and O–H groups in total. The highest BCUT2D eigenvalue weighted by atomic mass is 19.2. The number of nitrogens with two attached hydrogens (primary N) is 1. The first-order valence-corrected chi connectivity index (χ1v) is 9.96. The number of carbonyl (C=O) groups excluding carboxylic acids is 2. The lowest BCUT2D eigenvalue weighted by atomic mass is 9.76. The van der Waals surface area contributed by atoms with Crippen molar-refractivity contribution in [1.29, 1.82) is 0 Å². The van der Waals surface area contributed by atoms with E-state index in [-0.39, 0.29) is 22.4 Å². The molecule has 3 aromatic rings. The SMILES string of the molecule is Cc1cc2c(n1-c1ccc(C(N)=O)c(Nc3ccc(F)c(F)c3)c1)CC(C)(C)CC2=O. The molecule has 0 saturated heterocycles. The Labute approximate surface area is 178 Å². The summed E-state index contributed by atoms with van der Waals surface area (Å²) in [5.74, 6) is -2.50. The molecule has 1 aliphatic carbocycles. The number of nitrogens with one attached hydrogen (secondary N) is 1. The number of aryl methyl sites for hydroxylation is 1. The molecule has 31 heavy (non-hydrogen) atoms. The van der Waals surface area contributed by atoms with E-state index >= 15 is 0 Å². The Bertz CT molecular complexity index is 1230. The van der Waals surface area contributed by atoms with E-state index in [9.17, 15) is 18.4 Å². The first kappa shape index (κ1) is 20.8. The van der Waals surface area contributed by atoms with Crippen LogP contribution in [0.3, 0.4) is 0 Å².